The van der Waals surface area contributed by atoms with Crippen molar-refractivity contribution in [3.63, 3.8) is 0 Å². The molecule has 27 heavy (non-hydrogen) atoms. The molecule has 0 radical (unpaired) electrons. The summed E-state index contributed by atoms with van der Waals surface area (Å²) in [7, 11) is 0. The van der Waals surface area contributed by atoms with Gasteiger partial charge in [0.05, 0.1) is 30.3 Å². The van der Waals surface area contributed by atoms with Gasteiger partial charge in [0.15, 0.2) is 11.3 Å². The summed E-state index contributed by atoms with van der Waals surface area (Å²) < 4.78 is 2.01. The number of benzene rings is 2. The van der Waals surface area contributed by atoms with E-state index >= 15 is 0 Å². The van der Waals surface area contributed by atoms with Gasteiger partial charge in [-0.2, -0.15) is 0 Å². The maximum atomic E-state index is 5.77. The predicted molar refractivity (Wildman–Crippen MR) is 106 cm³/mol. The van der Waals surface area contributed by atoms with Gasteiger partial charge in [0, 0.05) is 22.8 Å². The van der Waals surface area contributed by atoms with Crippen LogP contribution in [-0.4, -0.2) is 24.5 Å². The van der Waals surface area contributed by atoms with Gasteiger partial charge in [-0.3, -0.25) is 4.98 Å². The quantitative estimate of drug-likeness (QED) is 0.501. The van der Waals surface area contributed by atoms with Crippen LogP contribution in [0.2, 0.25) is 0 Å². The molecule has 3 heterocycles. The average Bonchev–Trinajstić information content (AvgIpc) is 3.10. The summed E-state index contributed by atoms with van der Waals surface area (Å²) in [4.78, 5) is 18.0. The van der Waals surface area contributed by atoms with E-state index in [0.717, 1.165) is 39.1 Å². The molecule has 0 aliphatic rings. The highest BCUT2D eigenvalue weighted by atomic mass is 15.1. The highest BCUT2D eigenvalue weighted by Crippen LogP contribution is 2.21. The molecule has 130 valence electrons. The lowest BCUT2D eigenvalue weighted by molar-refractivity contribution is 0.815. The van der Waals surface area contributed by atoms with Crippen LogP contribution in [0, 0.1) is 0 Å². The van der Waals surface area contributed by atoms with Crippen molar-refractivity contribution in [3.8, 4) is 11.3 Å². The first-order valence-electron chi connectivity index (χ1n) is 8.64. The molecule has 6 heteroatoms. The monoisotopic (exact) mass is 352 g/mol. The van der Waals surface area contributed by atoms with Crippen LogP contribution in [0.25, 0.3) is 33.5 Å². The van der Waals surface area contributed by atoms with Gasteiger partial charge >= 0.3 is 0 Å². The molecular formula is C21H16N6. The SMILES string of the molecule is Nc1ccc(-c2cnc3ncn(Cc4ccc5ncccc5c4)c3n2)cc1. The number of nitrogens with zero attached hydrogens (tertiary/aromatic N) is 5. The molecular weight excluding hydrogens is 336 g/mol. The first-order valence-corrected chi connectivity index (χ1v) is 8.64. The van der Waals surface area contributed by atoms with Crippen molar-refractivity contribution >= 4 is 27.9 Å². The zero-order valence-electron chi connectivity index (χ0n) is 14.4. The second-order valence-corrected chi connectivity index (χ2v) is 6.43. The minimum atomic E-state index is 0.636. The van der Waals surface area contributed by atoms with E-state index in [2.05, 4.69) is 33.2 Å². The van der Waals surface area contributed by atoms with Gasteiger partial charge in [0.1, 0.15) is 0 Å². The number of fused-ring (bicyclic) bond motifs is 2. The second kappa shape index (κ2) is 6.17. The fraction of sp³-hybridized carbons (Fsp3) is 0.0476. The summed E-state index contributed by atoms with van der Waals surface area (Å²) in [5, 5.41) is 1.12. The standard InChI is InChI=1S/C21H16N6/c22-17-6-4-15(5-7-17)19-11-24-20-21(26-19)27(13-25-20)12-14-3-8-18-16(10-14)2-1-9-23-18/h1-11,13H,12,22H2. The topological polar surface area (TPSA) is 82.5 Å². The highest BCUT2D eigenvalue weighted by molar-refractivity contribution is 5.79. The third-order valence-electron chi connectivity index (χ3n) is 4.55. The van der Waals surface area contributed by atoms with Gasteiger partial charge in [-0.25, -0.2) is 15.0 Å². The third kappa shape index (κ3) is 2.87. The number of imidazole rings is 1. The number of nitrogens with two attached hydrogens (primary N) is 1. The lowest BCUT2D eigenvalue weighted by Crippen LogP contribution is -2.00. The van der Waals surface area contributed by atoms with Crippen molar-refractivity contribution in [2.24, 2.45) is 0 Å². The Morgan fingerprint density at radius 2 is 1.81 bits per heavy atom. The Balaban J connectivity index is 1.54. The van der Waals surface area contributed by atoms with Crippen LogP contribution in [0.15, 0.2) is 73.3 Å². The minimum absolute atomic E-state index is 0.636. The maximum absolute atomic E-state index is 5.77. The zero-order chi connectivity index (χ0) is 18.2. The van der Waals surface area contributed by atoms with Gasteiger partial charge in [-0.15, -0.1) is 0 Å². The van der Waals surface area contributed by atoms with E-state index in [1.54, 1.807) is 18.7 Å². The largest absolute Gasteiger partial charge is 0.399 e. The Bertz CT molecular complexity index is 1260. The Labute approximate surface area is 155 Å². The highest BCUT2D eigenvalue weighted by Gasteiger charge is 2.09. The number of rotatable bonds is 3. The lowest BCUT2D eigenvalue weighted by Gasteiger charge is -2.07. The number of hydrogen-bond donors (Lipinski definition) is 1. The number of aromatic nitrogens is 5. The summed E-state index contributed by atoms with van der Waals surface area (Å²) in [6.45, 7) is 0.668. The Kier molecular flexibility index (Phi) is 3.53. The summed E-state index contributed by atoms with van der Waals surface area (Å²) in [5.74, 6) is 0. The van der Waals surface area contributed by atoms with Crippen LogP contribution in [0.3, 0.4) is 0 Å². The molecule has 0 saturated carbocycles. The Hall–Kier alpha value is -3.80. The fourth-order valence-electron chi connectivity index (χ4n) is 3.16. The van der Waals surface area contributed by atoms with E-state index < -0.39 is 0 Å². The van der Waals surface area contributed by atoms with E-state index in [1.807, 2.05) is 41.0 Å². The van der Waals surface area contributed by atoms with E-state index in [-0.39, 0.29) is 0 Å². The molecule has 0 saturated heterocycles. The van der Waals surface area contributed by atoms with E-state index in [1.165, 1.54) is 0 Å². The molecule has 0 aliphatic carbocycles. The van der Waals surface area contributed by atoms with Crippen LogP contribution in [0.4, 0.5) is 5.69 Å². The van der Waals surface area contributed by atoms with Crippen LogP contribution >= 0.6 is 0 Å². The number of anilines is 1. The Morgan fingerprint density at radius 1 is 0.926 bits per heavy atom. The normalized spacial score (nSPS) is 11.3. The second-order valence-electron chi connectivity index (χ2n) is 6.43. The summed E-state index contributed by atoms with van der Waals surface area (Å²) in [6, 6.07) is 17.9. The third-order valence-corrected chi connectivity index (χ3v) is 4.55. The van der Waals surface area contributed by atoms with Crippen molar-refractivity contribution in [2.75, 3.05) is 5.73 Å². The molecule has 6 nitrogen and oxygen atoms in total. The van der Waals surface area contributed by atoms with Gasteiger partial charge in [0.25, 0.3) is 0 Å². The van der Waals surface area contributed by atoms with Crippen molar-refractivity contribution in [2.45, 2.75) is 6.54 Å². The molecule has 2 aromatic carbocycles. The number of pyridine rings is 1. The molecule has 0 aliphatic heterocycles. The van der Waals surface area contributed by atoms with Gasteiger partial charge < -0.3 is 10.3 Å². The van der Waals surface area contributed by atoms with Gasteiger partial charge in [0.2, 0.25) is 0 Å². The van der Waals surface area contributed by atoms with Crippen LogP contribution < -0.4 is 5.73 Å². The summed E-state index contributed by atoms with van der Waals surface area (Å²) >= 11 is 0. The molecule has 0 spiro atoms. The van der Waals surface area contributed by atoms with Crippen molar-refractivity contribution in [1.82, 2.24) is 24.5 Å². The molecule has 0 fully saturated rings. The number of nitrogen functional groups attached to an aromatic ring is 1. The first kappa shape index (κ1) is 15.5. The van der Waals surface area contributed by atoms with Crippen LogP contribution in [-0.2, 0) is 6.54 Å². The lowest BCUT2D eigenvalue weighted by atomic mass is 10.1. The molecule has 0 amide bonds. The molecule has 5 aromatic rings. The number of hydrogen-bond acceptors (Lipinski definition) is 5. The van der Waals surface area contributed by atoms with Gasteiger partial charge in [-0.05, 0) is 35.9 Å². The summed E-state index contributed by atoms with van der Waals surface area (Å²) in [6.07, 6.45) is 5.33. The molecule has 0 atom stereocenters. The fourth-order valence-corrected chi connectivity index (χ4v) is 3.16. The average molecular weight is 352 g/mol. The minimum Gasteiger partial charge on any atom is -0.399 e. The molecule has 0 bridgehead atoms. The van der Waals surface area contributed by atoms with Crippen molar-refractivity contribution < 1.29 is 0 Å². The van der Waals surface area contributed by atoms with Gasteiger partial charge in [-0.1, -0.05) is 24.3 Å². The summed E-state index contributed by atoms with van der Waals surface area (Å²) in [5.41, 5.74) is 11.8. The molecule has 2 N–H and O–H groups in total. The van der Waals surface area contributed by atoms with E-state index in [0.29, 0.717) is 12.2 Å². The van der Waals surface area contributed by atoms with Crippen LogP contribution in [0.5, 0.6) is 0 Å². The molecule has 0 unspecified atom stereocenters. The zero-order valence-corrected chi connectivity index (χ0v) is 14.4. The molecule has 5 rings (SSSR count). The van der Waals surface area contributed by atoms with E-state index in [9.17, 15) is 0 Å². The maximum Gasteiger partial charge on any atom is 0.197 e. The Morgan fingerprint density at radius 3 is 2.70 bits per heavy atom. The van der Waals surface area contributed by atoms with Crippen LogP contribution in [0.1, 0.15) is 5.56 Å². The smallest absolute Gasteiger partial charge is 0.197 e. The molecule has 3 aromatic heterocycles. The predicted octanol–water partition coefficient (Wildman–Crippen LogP) is 3.67. The first-order chi connectivity index (χ1) is 13.3. The van der Waals surface area contributed by atoms with Crippen molar-refractivity contribution in [3.05, 3.63) is 78.9 Å². The van der Waals surface area contributed by atoms with E-state index in [4.69, 9.17) is 10.7 Å². The van der Waals surface area contributed by atoms with Crippen molar-refractivity contribution in [1.29, 1.82) is 0 Å².